The topological polar surface area (TPSA) is 50.2 Å². The molecule has 1 amide bonds. The zero-order valence-corrected chi connectivity index (χ0v) is 15.7. The number of fused-ring (bicyclic) bond motifs is 1. The first-order valence-corrected chi connectivity index (χ1v) is 9.08. The van der Waals surface area contributed by atoms with E-state index < -0.39 is 0 Å². The maximum Gasteiger partial charge on any atom is 0.240 e. The van der Waals surface area contributed by atoms with Crippen molar-refractivity contribution in [1.29, 1.82) is 0 Å². The first kappa shape index (κ1) is 17.7. The van der Waals surface area contributed by atoms with Crippen LogP contribution in [0.25, 0.3) is 0 Å². The van der Waals surface area contributed by atoms with Gasteiger partial charge in [0.1, 0.15) is 0 Å². The van der Waals surface area contributed by atoms with Crippen LogP contribution in [0.4, 0.5) is 5.69 Å². The Morgan fingerprint density at radius 2 is 2.08 bits per heavy atom. The summed E-state index contributed by atoms with van der Waals surface area (Å²) >= 11 is 0. The van der Waals surface area contributed by atoms with Crippen molar-refractivity contribution in [2.45, 2.75) is 53.1 Å². The number of nitrogens with zero attached hydrogens (tertiary/aromatic N) is 3. The lowest BCUT2D eigenvalue weighted by molar-refractivity contribution is -0.118. The molecule has 0 bridgehead atoms. The van der Waals surface area contributed by atoms with Gasteiger partial charge in [0.15, 0.2) is 0 Å². The second kappa shape index (κ2) is 7.40. The first-order valence-electron chi connectivity index (χ1n) is 9.08. The smallest absolute Gasteiger partial charge is 0.240 e. The van der Waals surface area contributed by atoms with Gasteiger partial charge in [-0.2, -0.15) is 5.10 Å². The summed E-state index contributed by atoms with van der Waals surface area (Å²) in [6, 6.07) is 8.63. The zero-order valence-electron chi connectivity index (χ0n) is 15.7. The van der Waals surface area contributed by atoms with Crippen LogP contribution in [0.5, 0.6) is 0 Å². The molecule has 5 nitrogen and oxygen atoms in total. The van der Waals surface area contributed by atoms with Gasteiger partial charge in [-0.25, -0.2) is 0 Å². The van der Waals surface area contributed by atoms with Crippen LogP contribution in [0.3, 0.4) is 0 Å². The van der Waals surface area contributed by atoms with Gasteiger partial charge in [0.25, 0.3) is 0 Å². The molecule has 1 aliphatic rings. The van der Waals surface area contributed by atoms with Crippen LogP contribution in [0, 0.1) is 20.8 Å². The van der Waals surface area contributed by atoms with Crippen LogP contribution in [-0.2, 0) is 17.8 Å². The molecular formula is C20H28N4O. The van der Waals surface area contributed by atoms with E-state index in [2.05, 4.69) is 55.5 Å². The fraction of sp³-hybridized carbons (Fsp3) is 0.500. The van der Waals surface area contributed by atoms with Crippen molar-refractivity contribution in [2.75, 3.05) is 18.0 Å². The Balaban J connectivity index is 1.59. The first-order chi connectivity index (χ1) is 11.9. The number of amides is 1. The Morgan fingerprint density at radius 1 is 1.28 bits per heavy atom. The minimum atomic E-state index is 0.144. The molecule has 25 heavy (non-hydrogen) atoms. The molecule has 0 saturated carbocycles. The number of carbonyl (C=O) groups excluding carboxylic acids is 1. The third-order valence-corrected chi connectivity index (χ3v) is 4.81. The van der Waals surface area contributed by atoms with Gasteiger partial charge >= 0.3 is 0 Å². The van der Waals surface area contributed by atoms with Crippen molar-refractivity contribution in [1.82, 2.24) is 15.1 Å². The largest absolute Gasteiger partial charge is 0.311 e. The summed E-state index contributed by atoms with van der Waals surface area (Å²) in [5, 5.41) is 7.84. The van der Waals surface area contributed by atoms with E-state index in [4.69, 9.17) is 0 Å². The van der Waals surface area contributed by atoms with Crippen molar-refractivity contribution >= 4 is 11.6 Å². The standard InChI is InChI=1S/C20H28N4O/c1-14-7-8-19-18(10-14)6-5-9-23(19)20(25)12-21-16(3)13-24-17(4)11-15(2)22-24/h7-8,10-11,16,21H,5-6,9,12-13H2,1-4H3/t16-/m0/s1. The fourth-order valence-corrected chi connectivity index (χ4v) is 3.53. The minimum Gasteiger partial charge on any atom is -0.311 e. The average Bonchev–Trinajstić information content (AvgIpc) is 2.89. The van der Waals surface area contributed by atoms with Crippen molar-refractivity contribution < 1.29 is 4.79 Å². The van der Waals surface area contributed by atoms with Gasteiger partial charge in [0.05, 0.1) is 18.8 Å². The Bertz CT molecular complexity index is 765. The molecule has 1 aromatic heterocycles. The average molecular weight is 340 g/mol. The van der Waals surface area contributed by atoms with Crippen molar-refractivity contribution in [3.63, 3.8) is 0 Å². The highest BCUT2D eigenvalue weighted by molar-refractivity contribution is 5.96. The van der Waals surface area contributed by atoms with E-state index >= 15 is 0 Å². The number of hydrogen-bond acceptors (Lipinski definition) is 3. The van der Waals surface area contributed by atoms with Crippen LogP contribution in [0.2, 0.25) is 0 Å². The van der Waals surface area contributed by atoms with E-state index in [1.165, 1.54) is 11.1 Å². The minimum absolute atomic E-state index is 0.144. The SMILES string of the molecule is Cc1ccc2c(c1)CCCN2C(=O)CN[C@@H](C)Cn1nc(C)cc1C. The van der Waals surface area contributed by atoms with Crippen LogP contribution in [0.15, 0.2) is 24.3 Å². The van der Waals surface area contributed by atoms with Gasteiger partial charge in [-0.15, -0.1) is 0 Å². The Hall–Kier alpha value is -2.14. The quantitative estimate of drug-likeness (QED) is 0.910. The number of aromatic nitrogens is 2. The molecule has 1 atom stereocenters. The van der Waals surface area contributed by atoms with Crippen LogP contribution in [0.1, 0.15) is 35.9 Å². The highest BCUT2D eigenvalue weighted by Gasteiger charge is 2.22. The van der Waals surface area contributed by atoms with Crippen molar-refractivity contribution in [2.24, 2.45) is 0 Å². The summed E-state index contributed by atoms with van der Waals surface area (Å²) in [5.41, 5.74) is 5.80. The number of nitrogens with one attached hydrogen (secondary N) is 1. The Labute approximate surface area is 150 Å². The molecule has 0 spiro atoms. The summed E-state index contributed by atoms with van der Waals surface area (Å²) < 4.78 is 2.00. The molecule has 0 unspecified atom stereocenters. The number of carbonyl (C=O) groups is 1. The van der Waals surface area contributed by atoms with Crippen LogP contribution in [-0.4, -0.2) is 34.8 Å². The molecule has 2 aromatic rings. The number of aryl methyl sites for hydroxylation is 4. The normalized spacial score (nSPS) is 15.1. The van der Waals surface area contributed by atoms with E-state index in [0.29, 0.717) is 6.54 Å². The number of hydrogen-bond donors (Lipinski definition) is 1. The molecular weight excluding hydrogens is 312 g/mol. The predicted molar refractivity (Wildman–Crippen MR) is 101 cm³/mol. The molecule has 1 aromatic carbocycles. The molecule has 1 N–H and O–H groups in total. The molecule has 3 rings (SSSR count). The van der Waals surface area contributed by atoms with Gasteiger partial charge in [-0.1, -0.05) is 17.7 Å². The van der Waals surface area contributed by atoms with E-state index in [0.717, 1.165) is 43.0 Å². The summed E-state index contributed by atoms with van der Waals surface area (Å²) in [6.45, 7) is 10.2. The highest BCUT2D eigenvalue weighted by Crippen LogP contribution is 2.27. The number of anilines is 1. The van der Waals surface area contributed by atoms with E-state index in [9.17, 15) is 4.79 Å². The molecule has 5 heteroatoms. The summed E-state index contributed by atoms with van der Waals surface area (Å²) in [7, 11) is 0. The van der Waals surface area contributed by atoms with Crippen LogP contribution >= 0.6 is 0 Å². The summed E-state index contributed by atoms with van der Waals surface area (Å²) in [6.07, 6.45) is 2.09. The van der Waals surface area contributed by atoms with E-state index in [1.54, 1.807) is 0 Å². The Kier molecular flexibility index (Phi) is 5.23. The predicted octanol–water partition coefficient (Wildman–Crippen LogP) is 2.77. The summed E-state index contributed by atoms with van der Waals surface area (Å²) in [4.78, 5) is 14.6. The monoisotopic (exact) mass is 340 g/mol. The molecule has 2 heterocycles. The molecule has 0 radical (unpaired) electrons. The van der Waals surface area contributed by atoms with Gasteiger partial charge in [-0.3, -0.25) is 9.48 Å². The molecule has 0 fully saturated rings. The van der Waals surface area contributed by atoms with Gasteiger partial charge < -0.3 is 10.2 Å². The number of rotatable bonds is 5. The second-order valence-electron chi connectivity index (χ2n) is 7.17. The van der Waals surface area contributed by atoms with E-state index in [1.807, 2.05) is 16.5 Å². The lowest BCUT2D eigenvalue weighted by Crippen LogP contribution is -2.44. The highest BCUT2D eigenvalue weighted by atomic mass is 16.2. The van der Waals surface area contributed by atoms with Crippen molar-refractivity contribution in [3.8, 4) is 0 Å². The lowest BCUT2D eigenvalue weighted by Gasteiger charge is -2.30. The molecule has 0 aliphatic carbocycles. The van der Waals surface area contributed by atoms with Gasteiger partial charge in [0, 0.05) is 24.0 Å². The molecule has 134 valence electrons. The zero-order chi connectivity index (χ0) is 18.0. The fourth-order valence-electron chi connectivity index (χ4n) is 3.53. The number of benzene rings is 1. The third kappa shape index (κ3) is 4.10. The third-order valence-electron chi connectivity index (χ3n) is 4.81. The maximum atomic E-state index is 12.7. The van der Waals surface area contributed by atoms with Gasteiger partial charge in [0.2, 0.25) is 5.91 Å². The van der Waals surface area contributed by atoms with Crippen molar-refractivity contribution in [3.05, 3.63) is 46.8 Å². The summed E-state index contributed by atoms with van der Waals surface area (Å²) in [5.74, 6) is 0.144. The Morgan fingerprint density at radius 3 is 2.80 bits per heavy atom. The second-order valence-corrected chi connectivity index (χ2v) is 7.17. The lowest BCUT2D eigenvalue weighted by atomic mass is 9.99. The van der Waals surface area contributed by atoms with Gasteiger partial charge in [-0.05, 0) is 58.2 Å². The van der Waals surface area contributed by atoms with Crippen LogP contribution < -0.4 is 10.2 Å². The van der Waals surface area contributed by atoms with E-state index in [-0.39, 0.29) is 11.9 Å². The molecule has 0 saturated heterocycles. The maximum absolute atomic E-state index is 12.7. The molecule has 1 aliphatic heterocycles.